The number of nitrogens with zero attached hydrogens (tertiary/aromatic N) is 5. The summed E-state index contributed by atoms with van der Waals surface area (Å²) >= 11 is 23.3. The predicted molar refractivity (Wildman–Crippen MR) is 260 cm³/mol. The Kier molecular flexibility index (Phi) is 26.6. The number of anilines is 3. The highest BCUT2D eigenvalue weighted by Gasteiger charge is 2.25. The van der Waals surface area contributed by atoms with E-state index in [2.05, 4.69) is 43.3 Å². The van der Waals surface area contributed by atoms with Crippen LogP contribution in [0.1, 0.15) is 62.5 Å². The predicted octanol–water partition coefficient (Wildman–Crippen LogP) is 9.11. The first-order valence-electron chi connectivity index (χ1n) is 20.1. The largest absolute Gasteiger partial charge is 0.480 e. The first-order chi connectivity index (χ1) is 30.9. The molecule has 3 aromatic carbocycles. The minimum Gasteiger partial charge on any atom is -0.480 e. The lowest BCUT2D eigenvalue weighted by Gasteiger charge is -2.31. The number of ether oxygens (including phenoxy) is 3. The molecule has 0 aliphatic rings. The average molecular weight is 1020 g/mol. The molecule has 4 aromatic rings. The summed E-state index contributed by atoms with van der Waals surface area (Å²) in [6.07, 6.45) is 0.878. The Morgan fingerprint density at radius 2 is 1.65 bits per heavy atom. The summed E-state index contributed by atoms with van der Waals surface area (Å²) in [5, 5.41) is 26.1. The maximum Gasteiger partial charge on any atom is 0.345 e. The Balaban J connectivity index is 0.000000455. The smallest absolute Gasteiger partial charge is 0.345 e. The molecule has 0 radical (unpaired) electrons. The van der Waals surface area contributed by atoms with Crippen LogP contribution in [0.4, 0.5) is 23.3 Å². The van der Waals surface area contributed by atoms with Crippen molar-refractivity contribution in [2.45, 2.75) is 72.5 Å². The normalized spacial score (nSPS) is 12.2. The summed E-state index contributed by atoms with van der Waals surface area (Å²) in [6, 6.07) is 13.6. The molecule has 4 rings (SSSR count). The molecule has 0 fully saturated rings. The number of nitro benzene ring substituents is 1. The molecule has 0 saturated carbocycles. The molecule has 3 atom stereocenters. The number of hydrogen-bond acceptors (Lipinski definition) is 15. The van der Waals surface area contributed by atoms with Gasteiger partial charge in [-0.2, -0.15) is 15.0 Å². The SMILES string of the molecule is CCNc1nc(Cl)nc(NC(C)C)n1.CCc1cccc(C)c1N(C(=O)CCl)C(C)COC.COC(=O)c1cc(Oc2ccc(Cl)cc2Cl)ccc1[N+](=O)[O-].CP(=O)(O)CCC(N)C(=O)O. The third-order valence-corrected chi connectivity index (χ3v) is 10.4. The van der Waals surface area contributed by atoms with Gasteiger partial charge in [-0.25, -0.2) is 4.79 Å². The first kappa shape index (κ1) is 59.2. The number of nitrogens with two attached hydrogens (primary N) is 1. The number of hydrogen-bond donors (Lipinski definition) is 5. The lowest BCUT2D eigenvalue weighted by atomic mass is 10.0. The van der Waals surface area contributed by atoms with Crippen LogP contribution >= 0.6 is 53.8 Å². The van der Waals surface area contributed by atoms with Crippen LogP contribution in [0, 0.1) is 17.0 Å². The molecule has 1 aromatic heterocycles. The second kappa shape index (κ2) is 29.7. The number of aliphatic carboxylic acids is 1. The zero-order valence-corrected chi connectivity index (χ0v) is 41.9. The van der Waals surface area contributed by atoms with Crippen molar-refractivity contribution in [3.8, 4) is 11.5 Å². The summed E-state index contributed by atoms with van der Waals surface area (Å²) in [4.78, 5) is 66.7. The van der Waals surface area contributed by atoms with Crippen LogP contribution < -0.4 is 26.0 Å². The van der Waals surface area contributed by atoms with Gasteiger partial charge in [0.1, 0.15) is 29.0 Å². The number of carboxylic acid groups (broad SMARTS) is 1. The Bertz CT molecular complexity index is 2270. The van der Waals surface area contributed by atoms with Crippen molar-refractivity contribution >= 4 is 94.9 Å². The molecular formula is C42H57Cl4N8O11P. The number of rotatable bonds is 18. The van der Waals surface area contributed by atoms with Crippen molar-refractivity contribution in [3.63, 3.8) is 0 Å². The number of benzene rings is 3. The zero-order valence-electron chi connectivity index (χ0n) is 38.0. The molecule has 0 bridgehead atoms. The van der Waals surface area contributed by atoms with Gasteiger partial charge in [-0.3, -0.25) is 24.3 Å². The van der Waals surface area contributed by atoms with E-state index in [9.17, 15) is 29.1 Å². The van der Waals surface area contributed by atoms with Crippen molar-refractivity contribution in [1.29, 1.82) is 0 Å². The number of alkyl halides is 1. The van der Waals surface area contributed by atoms with Crippen LogP contribution in [-0.2, 0) is 30.0 Å². The fourth-order valence-corrected chi connectivity index (χ4v) is 6.92. The van der Waals surface area contributed by atoms with E-state index in [-0.39, 0.29) is 63.8 Å². The Hall–Kier alpha value is -4.85. The number of nitro groups is 1. The Morgan fingerprint density at radius 1 is 1.00 bits per heavy atom. The number of para-hydroxylation sites is 1. The molecule has 3 unspecified atom stereocenters. The molecule has 0 spiro atoms. The summed E-state index contributed by atoms with van der Waals surface area (Å²) in [5.74, 6) is -0.587. The van der Waals surface area contributed by atoms with Gasteiger partial charge in [0.05, 0.1) is 35.4 Å². The van der Waals surface area contributed by atoms with Gasteiger partial charge in [0.15, 0.2) is 7.37 Å². The standard InChI is InChI=1S/C15H22ClNO2.C14H9Cl2NO5.C8H14ClN5.C5H12NO4P/c1-5-13-8-6-7-11(2)15(13)17(14(18)9-16)12(3)10-19-4;1-21-14(18)10-7-9(3-4-12(10)17(19)20)22-13-5-2-8(15)6-11(13)16;1-4-10-7-12-6(9)13-8(14-7)11-5(2)3;1-11(9,10)3-2-4(6)5(7)8/h6-8,12H,5,9-10H2,1-4H3;2-7H,1H3;5H,4H2,1-3H3,(H2,10,11,12,13,14);4H,2-3,6H2,1H3,(H,7,8)(H,9,10). The summed E-state index contributed by atoms with van der Waals surface area (Å²) in [6.45, 7) is 14.5. The van der Waals surface area contributed by atoms with Crippen molar-refractivity contribution in [3.05, 3.63) is 96.7 Å². The third kappa shape index (κ3) is 21.2. The Labute approximate surface area is 404 Å². The van der Waals surface area contributed by atoms with Gasteiger partial charge in [0.25, 0.3) is 5.69 Å². The molecule has 364 valence electrons. The van der Waals surface area contributed by atoms with E-state index in [1.165, 1.54) is 24.9 Å². The van der Waals surface area contributed by atoms with Crippen molar-refractivity contribution in [1.82, 2.24) is 15.0 Å². The molecule has 0 aliphatic carbocycles. The van der Waals surface area contributed by atoms with Crippen LogP contribution in [0.25, 0.3) is 0 Å². The topological polar surface area (TPSA) is 272 Å². The van der Waals surface area contributed by atoms with Crippen LogP contribution in [0.5, 0.6) is 11.5 Å². The summed E-state index contributed by atoms with van der Waals surface area (Å²) in [7, 11) is -0.331. The molecule has 6 N–H and O–H groups in total. The number of amides is 1. The molecule has 0 aliphatic heterocycles. The van der Waals surface area contributed by atoms with Gasteiger partial charge in [0.2, 0.25) is 23.1 Å². The highest BCUT2D eigenvalue weighted by Crippen LogP contribution is 2.36. The minimum atomic E-state index is -3.10. The second-order valence-corrected chi connectivity index (χ2v) is 18.3. The van der Waals surface area contributed by atoms with Gasteiger partial charge >= 0.3 is 11.9 Å². The number of nitrogens with one attached hydrogen (secondary N) is 2. The monoisotopic (exact) mass is 1020 g/mol. The van der Waals surface area contributed by atoms with E-state index in [1.807, 2.05) is 46.8 Å². The van der Waals surface area contributed by atoms with E-state index >= 15 is 0 Å². The maximum atomic E-state index is 12.2. The van der Waals surface area contributed by atoms with Crippen LogP contribution in [-0.4, -0.2) is 112 Å². The Morgan fingerprint density at radius 3 is 2.17 bits per heavy atom. The van der Waals surface area contributed by atoms with Gasteiger partial charge in [-0.1, -0.05) is 48.3 Å². The zero-order chi connectivity index (χ0) is 50.3. The van der Waals surface area contributed by atoms with Crippen LogP contribution in [0.3, 0.4) is 0 Å². The molecular weight excluding hydrogens is 965 g/mol. The number of esters is 1. The molecule has 1 heterocycles. The second-order valence-electron chi connectivity index (χ2n) is 14.3. The number of carbonyl (C=O) groups excluding carboxylic acids is 2. The van der Waals surface area contributed by atoms with Gasteiger partial charge in [0, 0.05) is 49.7 Å². The molecule has 66 heavy (non-hydrogen) atoms. The molecule has 0 saturated heterocycles. The van der Waals surface area contributed by atoms with Crippen LogP contribution in [0.15, 0.2) is 54.6 Å². The maximum absolute atomic E-state index is 12.2. The van der Waals surface area contributed by atoms with E-state index < -0.39 is 30.3 Å². The molecule has 1 amide bonds. The molecule has 24 heteroatoms. The number of halogens is 4. The lowest BCUT2D eigenvalue weighted by Crippen LogP contribution is -2.43. The summed E-state index contributed by atoms with van der Waals surface area (Å²) < 4.78 is 25.9. The van der Waals surface area contributed by atoms with E-state index in [0.717, 1.165) is 43.0 Å². The van der Waals surface area contributed by atoms with Gasteiger partial charge in [-0.15, -0.1) is 11.6 Å². The fourth-order valence-electron chi connectivity index (χ4n) is 5.43. The van der Waals surface area contributed by atoms with Crippen molar-refractivity contribution < 1.29 is 48.1 Å². The first-order valence-corrected chi connectivity index (χ1v) is 24.0. The lowest BCUT2D eigenvalue weighted by molar-refractivity contribution is -0.385. The number of aromatic nitrogens is 3. The average Bonchev–Trinajstić information content (AvgIpc) is 3.24. The quantitative estimate of drug-likeness (QED) is 0.0204. The summed E-state index contributed by atoms with van der Waals surface area (Å²) in [5.41, 5.74) is 7.72. The van der Waals surface area contributed by atoms with Crippen LogP contribution in [0.2, 0.25) is 15.3 Å². The van der Waals surface area contributed by atoms with Gasteiger partial charge < -0.3 is 45.5 Å². The van der Waals surface area contributed by atoms with Crippen molar-refractivity contribution in [2.75, 3.05) is 61.6 Å². The third-order valence-electron chi connectivity index (χ3n) is 8.40. The van der Waals surface area contributed by atoms with Gasteiger partial charge in [-0.05, 0) is 94.5 Å². The number of carbonyl (C=O) groups is 3. The fraction of sp³-hybridized carbons (Fsp3) is 0.429. The van der Waals surface area contributed by atoms with E-state index in [0.29, 0.717) is 29.3 Å². The highest BCUT2D eigenvalue weighted by atomic mass is 35.5. The van der Waals surface area contributed by atoms with E-state index in [4.69, 9.17) is 71.6 Å². The highest BCUT2D eigenvalue weighted by molar-refractivity contribution is 7.57. The molecule has 19 nitrogen and oxygen atoms in total. The van der Waals surface area contributed by atoms with E-state index in [1.54, 1.807) is 24.1 Å². The van der Waals surface area contributed by atoms with Crippen molar-refractivity contribution in [2.24, 2.45) is 5.73 Å². The number of aryl methyl sites for hydroxylation is 2. The number of methoxy groups -OCH3 is 2. The number of carboxylic acids is 1. The minimum absolute atomic E-state index is 0.0223.